The van der Waals surface area contributed by atoms with E-state index >= 15 is 0 Å². The zero-order valence-electron chi connectivity index (χ0n) is 21.9. The van der Waals surface area contributed by atoms with Crippen molar-refractivity contribution in [2.45, 2.75) is 84.4 Å². The highest BCUT2D eigenvalue weighted by atomic mass is 19.1. The maximum atomic E-state index is 15.0. The summed E-state index contributed by atoms with van der Waals surface area (Å²) in [7, 11) is -0.619. The summed E-state index contributed by atoms with van der Waals surface area (Å²) < 4.78 is 32.0. The minimum atomic E-state index is -0.694. The molecule has 0 radical (unpaired) electrons. The van der Waals surface area contributed by atoms with E-state index in [0.29, 0.717) is 24.2 Å². The Bertz CT molecular complexity index is 1040. The molecule has 1 aromatic rings. The number of benzene rings is 1. The molecule has 1 aromatic carbocycles. The minimum Gasteiger partial charge on any atom is -0.444 e. The lowest BCUT2D eigenvalue weighted by Gasteiger charge is -2.35. The third kappa shape index (κ3) is 5.92. The van der Waals surface area contributed by atoms with Gasteiger partial charge in [-0.25, -0.2) is 9.18 Å². The second kappa shape index (κ2) is 10.1. The van der Waals surface area contributed by atoms with Gasteiger partial charge >= 0.3 is 13.2 Å². The van der Waals surface area contributed by atoms with Gasteiger partial charge in [-0.2, -0.15) is 5.26 Å². The van der Waals surface area contributed by atoms with Crippen molar-refractivity contribution in [1.29, 1.82) is 5.26 Å². The summed E-state index contributed by atoms with van der Waals surface area (Å²) in [4.78, 5) is 27.8. The van der Waals surface area contributed by atoms with Crippen molar-refractivity contribution in [3.8, 4) is 6.07 Å². The van der Waals surface area contributed by atoms with Crippen LogP contribution in [0.3, 0.4) is 0 Å². The third-order valence-electron chi connectivity index (χ3n) is 7.22. The number of rotatable bonds is 6. The number of ketones is 1. The number of nitriles is 1. The molecule has 0 unspecified atom stereocenters. The van der Waals surface area contributed by atoms with Crippen molar-refractivity contribution in [2.75, 3.05) is 13.2 Å². The molecule has 2 saturated heterocycles. The normalized spacial score (nSPS) is 26.0. The van der Waals surface area contributed by atoms with E-state index < -0.39 is 36.6 Å². The van der Waals surface area contributed by atoms with E-state index in [4.69, 9.17) is 14.0 Å². The van der Waals surface area contributed by atoms with Crippen LogP contribution in [0.25, 0.3) is 0 Å². The predicted molar refractivity (Wildman–Crippen MR) is 133 cm³/mol. The van der Waals surface area contributed by atoms with Crippen molar-refractivity contribution in [3.63, 3.8) is 0 Å². The van der Waals surface area contributed by atoms with Gasteiger partial charge in [0.15, 0.2) is 5.78 Å². The number of amides is 1. The van der Waals surface area contributed by atoms with Crippen LogP contribution in [0.1, 0.15) is 65.9 Å². The summed E-state index contributed by atoms with van der Waals surface area (Å²) in [6, 6.07) is 6.36. The highest BCUT2D eigenvalue weighted by molar-refractivity contribution is 6.61. The van der Waals surface area contributed by atoms with E-state index in [1.807, 2.05) is 13.8 Å². The van der Waals surface area contributed by atoms with Crippen molar-refractivity contribution < 1.29 is 28.0 Å². The van der Waals surface area contributed by atoms with Gasteiger partial charge in [-0.15, -0.1) is 0 Å². The number of fused-ring (bicyclic) bond motifs is 2. The van der Waals surface area contributed by atoms with Gasteiger partial charge in [0.25, 0.3) is 0 Å². The Labute approximate surface area is 213 Å². The number of Topliss-reactive ketones (excluding diaryl/α,β-unsaturated/α-hetero) is 1. The van der Waals surface area contributed by atoms with Crippen LogP contribution in [-0.4, -0.2) is 54.8 Å². The number of hydrogen-bond acceptors (Lipinski definition) is 6. The summed E-state index contributed by atoms with van der Waals surface area (Å²) in [6.07, 6.45) is 2.13. The average Bonchev–Trinajstić information content (AvgIpc) is 3.40. The summed E-state index contributed by atoms with van der Waals surface area (Å²) in [6.45, 7) is 10.5. The lowest BCUT2D eigenvalue weighted by molar-refractivity contribution is -0.126. The monoisotopic (exact) mass is 498 g/mol. The van der Waals surface area contributed by atoms with Crippen LogP contribution in [0.4, 0.5) is 9.18 Å². The smallest absolute Gasteiger partial charge is 0.444 e. The van der Waals surface area contributed by atoms with E-state index in [-0.39, 0.29) is 36.0 Å². The quantitative estimate of drug-likeness (QED) is 0.551. The van der Waals surface area contributed by atoms with E-state index in [2.05, 4.69) is 6.07 Å². The molecule has 1 amide bonds. The fourth-order valence-electron chi connectivity index (χ4n) is 5.53. The van der Waals surface area contributed by atoms with Crippen LogP contribution in [-0.2, 0) is 25.3 Å². The van der Waals surface area contributed by atoms with Crippen LogP contribution in [0.5, 0.6) is 0 Å². The van der Waals surface area contributed by atoms with Crippen LogP contribution < -0.4 is 5.46 Å². The maximum Gasteiger partial charge on any atom is 0.494 e. The Morgan fingerprint density at radius 1 is 1.28 bits per heavy atom. The molecule has 2 aliphatic heterocycles. The largest absolute Gasteiger partial charge is 0.494 e. The molecule has 36 heavy (non-hydrogen) atoms. The van der Waals surface area contributed by atoms with Gasteiger partial charge in [-0.05, 0) is 69.5 Å². The fourth-order valence-corrected chi connectivity index (χ4v) is 5.53. The molecule has 4 rings (SSSR count). The zero-order valence-corrected chi connectivity index (χ0v) is 21.9. The Kier molecular flexibility index (Phi) is 7.50. The van der Waals surface area contributed by atoms with Crippen molar-refractivity contribution in [1.82, 2.24) is 4.90 Å². The lowest BCUT2D eigenvalue weighted by Crippen LogP contribution is -2.51. The predicted octanol–water partition coefficient (Wildman–Crippen LogP) is 4.02. The molecule has 2 bridgehead atoms. The topological polar surface area (TPSA) is 88.9 Å². The molecule has 2 heterocycles. The number of piperidine rings is 1. The van der Waals surface area contributed by atoms with E-state index in [1.54, 1.807) is 37.8 Å². The first-order chi connectivity index (χ1) is 16.9. The van der Waals surface area contributed by atoms with Gasteiger partial charge in [0.2, 0.25) is 0 Å². The highest BCUT2D eigenvalue weighted by Crippen LogP contribution is 2.44. The summed E-state index contributed by atoms with van der Waals surface area (Å²) in [5.74, 6) is -1.21. The number of carbonyl (C=O) groups excluding carboxylic acids is 2. The molecule has 194 valence electrons. The van der Waals surface area contributed by atoms with Crippen molar-refractivity contribution >= 4 is 24.5 Å². The van der Waals surface area contributed by atoms with Gasteiger partial charge in [-0.3, -0.25) is 9.69 Å². The Hall–Kier alpha value is -2.44. The fraction of sp³-hybridized carbons (Fsp3) is 0.667. The second-order valence-corrected chi connectivity index (χ2v) is 12.2. The highest BCUT2D eigenvalue weighted by Gasteiger charge is 2.52. The van der Waals surface area contributed by atoms with Crippen LogP contribution in [0.2, 0.25) is 0 Å². The summed E-state index contributed by atoms with van der Waals surface area (Å²) >= 11 is 0. The van der Waals surface area contributed by atoms with Crippen molar-refractivity contribution in [3.05, 3.63) is 29.6 Å². The maximum absolute atomic E-state index is 15.0. The van der Waals surface area contributed by atoms with Crippen LogP contribution in [0, 0.1) is 34.4 Å². The van der Waals surface area contributed by atoms with Gasteiger partial charge in [-0.1, -0.05) is 26.0 Å². The first-order valence-electron chi connectivity index (χ1n) is 12.8. The number of nitrogens with zero attached hydrogens (tertiary/aromatic N) is 2. The third-order valence-corrected chi connectivity index (χ3v) is 7.22. The van der Waals surface area contributed by atoms with Gasteiger partial charge in [0.1, 0.15) is 11.4 Å². The number of halogens is 1. The molecule has 3 aliphatic rings. The van der Waals surface area contributed by atoms with E-state index in [1.165, 1.54) is 6.07 Å². The van der Waals surface area contributed by atoms with Crippen LogP contribution in [0.15, 0.2) is 18.2 Å². The average molecular weight is 498 g/mol. The SMILES string of the molecule is CC1(C)COB(c2ccc(C[C@@H](C#N)CC(=O)[C@@H]3[C@H]4CC[C@H](C4)N3C(=O)OC(C)(C)C)c(F)c2)OC1. The molecular weight excluding hydrogens is 462 g/mol. The molecule has 9 heteroatoms. The molecule has 0 aromatic heterocycles. The first kappa shape index (κ1) is 26.6. The summed E-state index contributed by atoms with van der Waals surface area (Å²) in [5.41, 5.74) is 0.215. The Balaban J connectivity index is 1.41. The molecule has 3 fully saturated rings. The standard InChI is InChI=1S/C27H36BFN2O5/c1-26(2,3)36-25(33)31-21-9-7-19(12-21)24(31)23(32)11-17(14-30)10-18-6-8-20(13-22(18)29)28-34-15-27(4,5)16-35-28/h6,8,13,17,19,21,24H,7,9-12,15-16H2,1-5H3/t17-,19+,21-,24+/m1/s1. The number of carbonyl (C=O) groups is 2. The number of hydrogen-bond donors (Lipinski definition) is 0. The van der Waals surface area contributed by atoms with Crippen molar-refractivity contribution in [2.24, 2.45) is 17.3 Å². The molecule has 0 spiro atoms. The molecule has 1 saturated carbocycles. The van der Waals surface area contributed by atoms with E-state index in [0.717, 1.165) is 19.3 Å². The molecular formula is C27H36BFN2O5. The van der Waals surface area contributed by atoms with Gasteiger partial charge < -0.3 is 14.0 Å². The van der Waals surface area contributed by atoms with Crippen LogP contribution >= 0.6 is 0 Å². The molecule has 4 atom stereocenters. The molecule has 1 aliphatic carbocycles. The Morgan fingerprint density at radius 3 is 2.58 bits per heavy atom. The number of likely N-dealkylation sites (tertiary alicyclic amines) is 1. The first-order valence-corrected chi connectivity index (χ1v) is 12.8. The summed E-state index contributed by atoms with van der Waals surface area (Å²) in [5, 5.41) is 9.77. The second-order valence-electron chi connectivity index (χ2n) is 12.2. The minimum absolute atomic E-state index is 0.000810. The Morgan fingerprint density at radius 2 is 1.97 bits per heavy atom. The number of ether oxygens (including phenoxy) is 1. The van der Waals surface area contributed by atoms with E-state index in [9.17, 15) is 19.2 Å². The zero-order chi connectivity index (χ0) is 26.3. The van der Waals surface area contributed by atoms with Gasteiger partial charge in [0, 0.05) is 31.1 Å². The van der Waals surface area contributed by atoms with Gasteiger partial charge in [0.05, 0.1) is 18.0 Å². The molecule has 7 nitrogen and oxygen atoms in total. The lowest BCUT2D eigenvalue weighted by atomic mass is 9.75. The molecule has 0 N–H and O–H groups in total.